The van der Waals surface area contributed by atoms with E-state index >= 15 is 0 Å². The number of para-hydroxylation sites is 1. The molecule has 1 aromatic rings. The Labute approximate surface area is 116 Å². The summed E-state index contributed by atoms with van der Waals surface area (Å²) in [5.74, 6) is -0.108. The van der Waals surface area contributed by atoms with Crippen molar-refractivity contribution in [1.82, 2.24) is 0 Å². The Balaban J connectivity index is 3.02. The maximum atomic E-state index is 12.3. The van der Waals surface area contributed by atoms with Crippen LogP contribution in [0.4, 0.5) is 5.69 Å². The molecule has 1 rings (SSSR count). The number of rotatable bonds is 4. The Morgan fingerprint density at radius 2 is 1.68 bits per heavy atom. The Kier molecular flexibility index (Phi) is 5.12. The number of aryl methyl sites for hydroxylation is 2. The van der Waals surface area contributed by atoms with E-state index in [-0.39, 0.29) is 11.3 Å². The zero-order valence-corrected chi connectivity index (χ0v) is 12.7. The van der Waals surface area contributed by atoms with Crippen molar-refractivity contribution < 1.29 is 4.79 Å². The predicted octanol–water partition coefficient (Wildman–Crippen LogP) is 3.12. The lowest BCUT2D eigenvalue weighted by atomic mass is 9.86. The lowest BCUT2D eigenvalue weighted by molar-refractivity contribution is -0.119. The van der Waals surface area contributed by atoms with Gasteiger partial charge >= 0.3 is 0 Å². The lowest BCUT2D eigenvalue weighted by Gasteiger charge is -2.26. The molecule has 0 aromatic heterocycles. The number of hydrogen-bond acceptors (Lipinski definition) is 2. The van der Waals surface area contributed by atoms with E-state index in [0.29, 0.717) is 0 Å². The topological polar surface area (TPSA) is 55.1 Å². The van der Waals surface area contributed by atoms with Crippen LogP contribution in [0.5, 0.6) is 0 Å². The molecule has 0 fully saturated rings. The second-order valence-electron chi connectivity index (χ2n) is 5.99. The van der Waals surface area contributed by atoms with Crippen LogP contribution in [-0.4, -0.2) is 11.9 Å². The van der Waals surface area contributed by atoms with E-state index in [1.54, 1.807) is 0 Å². The van der Waals surface area contributed by atoms with E-state index in [2.05, 4.69) is 31.3 Å². The summed E-state index contributed by atoms with van der Waals surface area (Å²) < 4.78 is 0. The summed E-state index contributed by atoms with van der Waals surface area (Å²) in [7, 11) is 0. The zero-order valence-electron chi connectivity index (χ0n) is 12.7. The van der Waals surface area contributed by atoms with Gasteiger partial charge in [-0.15, -0.1) is 0 Å². The van der Waals surface area contributed by atoms with Crippen LogP contribution in [-0.2, 0) is 17.6 Å². The molecule has 1 amide bonds. The summed E-state index contributed by atoms with van der Waals surface area (Å²) in [4.78, 5) is 12.3. The van der Waals surface area contributed by atoms with Crippen LogP contribution in [0.25, 0.3) is 0 Å². The average molecular weight is 262 g/mol. The molecule has 1 aromatic carbocycles. The van der Waals surface area contributed by atoms with Gasteiger partial charge in [-0.2, -0.15) is 0 Å². The molecule has 0 spiro atoms. The van der Waals surface area contributed by atoms with Gasteiger partial charge in [-0.3, -0.25) is 4.79 Å². The maximum absolute atomic E-state index is 12.3. The van der Waals surface area contributed by atoms with E-state index in [0.717, 1.165) is 29.7 Å². The van der Waals surface area contributed by atoms with Crippen molar-refractivity contribution in [3.63, 3.8) is 0 Å². The number of hydrogen-bond donors (Lipinski definition) is 2. The first-order valence-electron chi connectivity index (χ1n) is 6.98. The number of nitrogens with one attached hydrogen (secondary N) is 1. The molecule has 0 saturated carbocycles. The van der Waals surface area contributed by atoms with Gasteiger partial charge in [-0.05, 0) is 29.4 Å². The predicted molar refractivity (Wildman–Crippen MR) is 81.3 cm³/mol. The SMILES string of the molecule is CCc1cccc(CC)c1NC(=O)[C@H](N)C(C)(C)C. The minimum atomic E-state index is -0.512. The van der Waals surface area contributed by atoms with Gasteiger partial charge in [0.05, 0.1) is 6.04 Å². The van der Waals surface area contributed by atoms with Crippen LogP contribution in [0, 0.1) is 5.41 Å². The second kappa shape index (κ2) is 6.20. The lowest BCUT2D eigenvalue weighted by Crippen LogP contribution is -2.45. The molecule has 0 aliphatic heterocycles. The first-order chi connectivity index (χ1) is 8.81. The molecule has 19 heavy (non-hydrogen) atoms. The molecular weight excluding hydrogens is 236 g/mol. The number of anilines is 1. The molecule has 1 atom stereocenters. The number of benzene rings is 1. The average Bonchev–Trinajstić information content (AvgIpc) is 2.36. The van der Waals surface area contributed by atoms with E-state index in [9.17, 15) is 4.79 Å². The van der Waals surface area contributed by atoms with Gasteiger partial charge < -0.3 is 11.1 Å². The molecule has 0 aliphatic rings. The highest BCUT2D eigenvalue weighted by molar-refractivity contribution is 5.96. The van der Waals surface area contributed by atoms with E-state index in [4.69, 9.17) is 5.73 Å². The van der Waals surface area contributed by atoms with Gasteiger partial charge in [0.15, 0.2) is 0 Å². The standard InChI is InChI=1S/C16H26N2O/c1-6-11-9-8-10-12(7-2)13(11)18-15(19)14(17)16(3,4)5/h8-10,14H,6-7,17H2,1-5H3,(H,18,19)/t14-/m0/s1. The molecule has 3 heteroatoms. The molecule has 0 saturated heterocycles. The molecule has 106 valence electrons. The van der Waals surface area contributed by atoms with Gasteiger partial charge in [0.2, 0.25) is 5.91 Å². The Hall–Kier alpha value is -1.35. The highest BCUT2D eigenvalue weighted by Crippen LogP contribution is 2.24. The van der Waals surface area contributed by atoms with E-state index in [1.807, 2.05) is 26.8 Å². The molecule has 0 radical (unpaired) electrons. The highest BCUT2D eigenvalue weighted by atomic mass is 16.2. The maximum Gasteiger partial charge on any atom is 0.241 e. The number of amides is 1. The summed E-state index contributed by atoms with van der Waals surface area (Å²) in [6.07, 6.45) is 1.79. The Bertz CT molecular complexity index is 424. The number of carbonyl (C=O) groups is 1. The molecule has 3 nitrogen and oxygen atoms in total. The smallest absolute Gasteiger partial charge is 0.241 e. The van der Waals surface area contributed by atoms with Crippen molar-refractivity contribution in [2.24, 2.45) is 11.1 Å². The van der Waals surface area contributed by atoms with Crippen molar-refractivity contribution in [2.75, 3.05) is 5.32 Å². The Morgan fingerprint density at radius 3 is 2.05 bits per heavy atom. The molecule has 0 heterocycles. The summed E-state index contributed by atoms with van der Waals surface area (Å²) in [6, 6.07) is 5.63. The van der Waals surface area contributed by atoms with Crippen molar-refractivity contribution in [1.29, 1.82) is 0 Å². The molecule has 0 bridgehead atoms. The second-order valence-corrected chi connectivity index (χ2v) is 5.99. The zero-order chi connectivity index (χ0) is 14.6. The van der Waals surface area contributed by atoms with Crippen molar-refractivity contribution >= 4 is 11.6 Å². The minimum absolute atomic E-state index is 0.108. The van der Waals surface area contributed by atoms with Crippen molar-refractivity contribution in [3.8, 4) is 0 Å². The van der Waals surface area contributed by atoms with Gasteiger partial charge in [0, 0.05) is 5.69 Å². The largest absolute Gasteiger partial charge is 0.324 e. The molecular formula is C16H26N2O. The van der Waals surface area contributed by atoms with Gasteiger partial charge in [-0.1, -0.05) is 52.8 Å². The fourth-order valence-electron chi connectivity index (χ4n) is 2.00. The summed E-state index contributed by atoms with van der Waals surface area (Å²) in [6.45, 7) is 10.1. The van der Waals surface area contributed by atoms with Crippen LogP contribution in [0.1, 0.15) is 45.7 Å². The van der Waals surface area contributed by atoms with Gasteiger partial charge in [-0.25, -0.2) is 0 Å². The Morgan fingerprint density at radius 1 is 1.21 bits per heavy atom. The van der Waals surface area contributed by atoms with Gasteiger partial charge in [0.1, 0.15) is 0 Å². The van der Waals surface area contributed by atoms with Crippen molar-refractivity contribution in [2.45, 2.75) is 53.5 Å². The highest BCUT2D eigenvalue weighted by Gasteiger charge is 2.28. The fourth-order valence-corrected chi connectivity index (χ4v) is 2.00. The first kappa shape index (κ1) is 15.7. The summed E-state index contributed by atoms with van der Waals surface area (Å²) in [5.41, 5.74) is 9.04. The van der Waals surface area contributed by atoms with Crippen LogP contribution < -0.4 is 11.1 Å². The molecule has 0 aliphatic carbocycles. The normalized spacial score (nSPS) is 13.2. The van der Waals surface area contributed by atoms with E-state index < -0.39 is 6.04 Å². The van der Waals surface area contributed by atoms with Crippen LogP contribution in [0.3, 0.4) is 0 Å². The number of nitrogens with two attached hydrogens (primary N) is 1. The summed E-state index contributed by atoms with van der Waals surface area (Å²) in [5, 5.41) is 3.02. The molecule has 3 N–H and O–H groups in total. The third kappa shape index (κ3) is 3.80. The van der Waals surface area contributed by atoms with Crippen LogP contribution in [0.15, 0.2) is 18.2 Å². The van der Waals surface area contributed by atoms with Crippen molar-refractivity contribution in [3.05, 3.63) is 29.3 Å². The van der Waals surface area contributed by atoms with Gasteiger partial charge in [0.25, 0.3) is 0 Å². The first-order valence-corrected chi connectivity index (χ1v) is 6.98. The summed E-state index contributed by atoms with van der Waals surface area (Å²) >= 11 is 0. The quantitative estimate of drug-likeness (QED) is 0.876. The number of carbonyl (C=O) groups excluding carboxylic acids is 1. The monoisotopic (exact) mass is 262 g/mol. The third-order valence-electron chi connectivity index (χ3n) is 3.46. The van der Waals surface area contributed by atoms with Crippen LogP contribution >= 0.6 is 0 Å². The molecule has 0 unspecified atom stereocenters. The van der Waals surface area contributed by atoms with E-state index in [1.165, 1.54) is 0 Å². The minimum Gasteiger partial charge on any atom is -0.324 e. The van der Waals surface area contributed by atoms with Crippen LogP contribution in [0.2, 0.25) is 0 Å². The third-order valence-corrected chi connectivity index (χ3v) is 3.46. The fraction of sp³-hybridized carbons (Fsp3) is 0.562.